The van der Waals surface area contributed by atoms with Crippen molar-refractivity contribution in [2.75, 3.05) is 25.0 Å². The van der Waals surface area contributed by atoms with Crippen LogP contribution in [0.5, 0.6) is 0 Å². The van der Waals surface area contributed by atoms with Gasteiger partial charge in [-0.05, 0) is 37.1 Å². The van der Waals surface area contributed by atoms with E-state index < -0.39 is 5.97 Å². The average Bonchev–Trinajstić information content (AvgIpc) is 2.50. The number of rotatable bonds is 5. The Balaban J connectivity index is 1.72. The number of anilines is 1. The highest BCUT2D eigenvalue weighted by atomic mass is 19.1. The predicted octanol–water partition coefficient (Wildman–Crippen LogP) is 1.89. The van der Waals surface area contributed by atoms with Crippen LogP contribution in [-0.4, -0.2) is 47.7 Å². The van der Waals surface area contributed by atoms with Gasteiger partial charge in [-0.2, -0.15) is 0 Å². The van der Waals surface area contributed by atoms with Crippen LogP contribution in [0.2, 0.25) is 0 Å². The summed E-state index contributed by atoms with van der Waals surface area (Å²) >= 11 is 0. The van der Waals surface area contributed by atoms with Gasteiger partial charge in [0, 0.05) is 31.4 Å². The Bertz CT molecular complexity index is 513. The molecule has 0 atom stereocenters. The number of benzene rings is 1. The SMILES string of the molecule is O=C(O)CCNC(=O)N1CCC(Nc2ccc(F)cc2)CC1. The minimum absolute atomic E-state index is 0.0751. The Morgan fingerprint density at radius 2 is 1.86 bits per heavy atom. The number of hydrogen-bond acceptors (Lipinski definition) is 3. The van der Waals surface area contributed by atoms with Crippen molar-refractivity contribution < 1.29 is 19.1 Å². The van der Waals surface area contributed by atoms with E-state index in [4.69, 9.17) is 5.11 Å². The van der Waals surface area contributed by atoms with Gasteiger partial charge in [0.05, 0.1) is 6.42 Å². The van der Waals surface area contributed by atoms with Gasteiger partial charge in [0.15, 0.2) is 0 Å². The van der Waals surface area contributed by atoms with Crippen LogP contribution in [0.3, 0.4) is 0 Å². The molecule has 22 heavy (non-hydrogen) atoms. The Morgan fingerprint density at radius 3 is 2.45 bits per heavy atom. The van der Waals surface area contributed by atoms with Gasteiger partial charge in [0.25, 0.3) is 0 Å². The lowest BCUT2D eigenvalue weighted by Gasteiger charge is -2.32. The van der Waals surface area contributed by atoms with Gasteiger partial charge in [-0.15, -0.1) is 0 Å². The molecule has 1 fully saturated rings. The van der Waals surface area contributed by atoms with Gasteiger partial charge in [0.1, 0.15) is 5.82 Å². The van der Waals surface area contributed by atoms with Crippen molar-refractivity contribution >= 4 is 17.7 Å². The lowest BCUT2D eigenvalue weighted by Crippen LogP contribution is -2.47. The maximum atomic E-state index is 12.8. The maximum Gasteiger partial charge on any atom is 0.317 e. The molecule has 0 unspecified atom stereocenters. The molecule has 0 bridgehead atoms. The zero-order valence-electron chi connectivity index (χ0n) is 12.2. The second-order valence-corrected chi connectivity index (χ2v) is 5.29. The number of nitrogens with one attached hydrogen (secondary N) is 2. The highest BCUT2D eigenvalue weighted by molar-refractivity contribution is 5.75. The normalized spacial score (nSPS) is 15.4. The fourth-order valence-corrected chi connectivity index (χ4v) is 2.40. The van der Waals surface area contributed by atoms with Gasteiger partial charge in [-0.3, -0.25) is 4.79 Å². The van der Waals surface area contributed by atoms with Gasteiger partial charge in [-0.1, -0.05) is 0 Å². The molecule has 3 N–H and O–H groups in total. The molecule has 1 aromatic rings. The molecular weight excluding hydrogens is 289 g/mol. The number of nitrogens with zero attached hydrogens (tertiary/aromatic N) is 1. The molecule has 2 amide bonds. The molecule has 1 heterocycles. The molecule has 120 valence electrons. The second-order valence-electron chi connectivity index (χ2n) is 5.29. The Hall–Kier alpha value is -2.31. The van der Waals surface area contributed by atoms with Crippen LogP contribution in [0.4, 0.5) is 14.9 Å². The lowest BCUT2D eigenvalue weighted by atomic mass is 10.0. The molecule has 1 aliphatic rings. The van der Waals surface area contributed by atoms with Crippen LogP contribution in [0.15, 0.2) is 24.3 Å². The van der Waals surface area contributed by atoms with Crippen LogP contribution in [0, 0.1) is 5.82 Å². The van der Waals surface area contributed by atoms with E-state index in [-0.39, 0.29) is 30.9 Å². The van der Waals surface area contributed by atoms with Gasteiger partial charge >= 0.3 is 12.0 Å². The largest absolute Gasteiger partial charge is 0.481 e. The number of piperidine rings is 1. The first-order valence-electron chi connectivity index (χ1n) is 7.31. The number of amides is 2. The molecule has 0 radical (unpaired) electrons. The van der Waals surface area contributed by atoms with Gasteiger partial charge in [-0.25, -0.2) is 9.18 Å². The van der Waals surface area contributed by atoms with Crippen molar-refractivity contribution in [3.8, 4) is 0 Å². The van der Waals surface area contributed by atoms with Crippen LogP contribution in [0.1, 0.15) is 19.3 Å². The quantitative estimate of drug-likeness (QED) is 0.776. The summed E-state index contributed by atoms with van der Waals surface area (Å²) in [5.74, 6) is -1.19. The van der Waals surface area contributed by atoms with Crippen molar-refractivity contribution in [3.05, 3.63) is 30.1 Å². The molecule has 1 aliphatic heterocycles. The molecule has 6 nitrogen and oxygen atoms in total. The smallest absolute Gasteiger partial charge is 0.317 e. The van der Waals surface area contributed by atoms with E-state index in [1.807, 2.05) is 0 Å². The van der Waals surface area contributed by atoms with Crippen molar-refractivity contribution in [1.82, 2.24) is 10.2 Å². The summed E-state index contributed by atoms with van der Waals surface area (Å²) in [5, 5.41) is 14.5. The molecule has 0 aliphatic carbocycles. The number of hydrogen-bond donors (Lipinski definition) is 3. The van der Waals surface area contributed by atoms with Crippen molar-refractivity contribution in [2.45, 2.75) is 25.3 Å². The van der Waals surface area contributed by atoms with E-state index >= 15 is 0 Å². The topological polar surface area (TPSA) is 81.7 Å². The predicted molar refractivity (Wildman–Crippen MR) is 80.3 cm³/mol. The van der Waals surface area contributed by atoms with Gasteiger partial charge < -0.3 is 20.6 Å². The van der Waals surface area contributed by atoms with Crippen molar-refractivity contribution in [3.63, 3.8) is 0 Å². The summed E-state index contributed by atoms with van der Waals surface area (Å²) in [5.41, 5.74) is 0.866. The highest BCUT2D eigenvalue weighted by Crippen LogP contribution is 2.17. The number of carboxylic acid groups (broad SMARTS) is 1. The third kappa shape index (κ3) is 4.91. The second kappa shape index (κ2) is 7.63. The Morgan fingerprint density at radius 1 is 1.23 bits per heavy atom. The minimum Gasteiger partial charge on any atom is -0.481 e. The molecule has 0 saturated carbocycles. The lowest BCUT2D eigenvalue weighted by molar-refractivity contribution is -0.136. The van der Waals surface area contributed by atoms with Crippen LogP contribution >= 0.6 is 0 Å². The molecule has 7 heteroatoms. The molecule has 0 spiro atoms. The summed E-state index contributed by atoms with van der Waals surface area (Å²) in [6.07, 6.45) is 1.52. The Kier molecular flexibility index (Phi) is 5.57. The summed E-state index contributed by atoms with van der Waals surface area (Å²) < 4.78 is 12.8. The van der Waals surface area contributed by atoms with Crippen LogP contribution < -0.4 is 10.6 Å². The maximum absolute atomic E-state index is 12.8. The summed E-state index contributed by atoms with van der Waals surface area (Å²) in [6.45, 7) is 1.36. The third-order valence-electron chi connectivity index (χ3n) is 3.61. The first kappa shape index (κ1) is 16.1. The zero-order chi connectivity index (χ0) is 15.9. The van der Waals surface area contributed by atoms with E-state index in [0.717, 1.165) is 18.5 Å². The van der Waals surface area contributed by atoms with E-state index in [1.54, 1.807) is 17.0 Å². The number of halogens is 1. The molecule has 2 rings (SSSR count). The number of urea groups is 1. The van der Waals surface area contributed by atoms with Crippen molar-refractivity contribution in [1.29, 1.82) is 0 Å². The summed E-state index contributed by atoms with van der Waals surface area (Å²) in [7, 11) is 0. The summed E-state index contributed by atoms with van der Waals surface area (Å²) in [6, 6.07) is 6.23. The zero-order valence-corrected chi connectivity index (χ0v) is 12.2. The molecule has 0 aromatic heterocycles. The molecular formula is C15H20FN3O3. The molecule has 1 aromatic carbocycles. The fraction of sp³-hybridized carbons (Fsp3) is 0.467. The van der Waals surface area contributed by atoms with E-state index in [2.05, 4.69) is 10.6 Å². The number of aliphatic carboxylic acids is 1. The van der Waals surface area contributed by atoms with E-state index in [1.165, 1.54) is 12.1 Å². The highest BCUT2D eigenvalue weighted by Gasteiger charge is 2.22. The fourth-order valence-electron chi connectivity index (χ4n) is 2.40. The van der Waals surface area contributed by atoms with E-state index in [0.29, 0.717) is 13.1 Å². The Labute approximate surface area is 128 Å². The van der Waals surface area contributed by atoms with Crippen LogP contribution in [-0.2, 0) is 4.79 Å². The van der Waals surface area contributed by atoms with Crippen LogP contribution in [0.25, 0.3) is 0 Å². The molecule has 1 saturated heterocycles. The minimum atomic E-state index is -0.928. The van der Waals surface area contributed by atoms with Crippen molar-refractivity contribution in [2.24, 2.45) is 0 Å². The summed E-state index contributed by atoms with van der Waals surface area (Å²) in [4.78, 5) is 23.9. The monoisotopic (exact) mass is 309 g/mol. The number of carbonyl (C=O) groups is 2. The van der Waals surface area contributed by atoms with Gasteiger partial charge in [0.2, 0.25) is 0 Å². The first-order chi connectivity index (χ1) is 10.5. The van der Waals surface area contributed by atoms with E-state index in [9.17, 15) is 14.0 Å². The number of carbonyl (C=O) groups excluding carboxylic acids is 1. The number of likely N-dealkylation sites (tertiary alicyclic amines) is 1. The number of carboxylic acids is 1. The first-order valence-corrected chi connectivity index (χ1v) is 7.31. The standard InChI is InChI=1S/C15H20FN3O3/c16-11-1-3-12(4-2-11)18-13-6-9-19(10-7-13)15(22)17-8-5-14(20)21/h1-4,13,18H,5-10H2,(H,17,22)(H,20,21). The third-order valence-corrected chi connectivity index (χ3v) is 3.61. The average molecular weight is 309 g/mol.